The van der Waals surface area contributed by atoms with Crippen LogP contribution in [0.2, 0.25) is 0 Å². The molecule has 0 N–H and O–H groups in total. The third-order valence-electron chi connectivity index (χ3n) is 6.03. The van der Waals surface area contributed by atoms with Crippen LogP contribution >= 0.6 is 0 Å². The Bertz CT molecular complexity index is 946. The number of para-hydroxylation sites is 1. The highest BCUT2D eigenvalue weighted by molar-refractivity contribution is 6.00. The fourth-order valence-corrected chi connectivity index (χ4v) is 4.21. The summed E-state index contributed by atoms with van der Waals surface area (Å²) in [5.41, 5.74) is 1.14. The molecule has 1 saturated heterocycles. The van der Waals surface area contributed by atoms with Crippen LogP contribution in [-0.2, 0) is 11.2 Å². The molecule has 0 aliphatic carbocycles. The smallest absolute Gasteiger partial charge is 0.260 e. The van der Waals surface area contributed by atoms with Crippen molar-refractivity contribution in [1.29, 1.82) is 0 Å². The molecule has 1 fully saturated rings. The number of likely N-dealkylation sites (tertiary alicyclic amines) is 1. The van der Waals surface area contributed by atoms with E-state index < -0.39 is 5.60 Å². The van der Waals surface area contributed by atoms with Gasteiger partial charge in [0.15, 0.2) is 12.4 Å². The number of carbonyl (C=O) groups excluding carboxylic acids is 2. The van der Waals surface area contributed by atoms with Crippen LogP contribution < -0.4 is 14.2 Å². The summed E-state index contributed by atoms with van der Waals surface area (Å²) in [5, 5.41) is 0. The van der Waals surface area contributed by atoms with Crippen LogP contribution in [0.1, 0.15) is 42.1 Å². The molecule has 0 saturated carbocycles. The van der Waals surface area contributed by atoms with Crippen molar-refractivity contribution in [1.82, 2.24) is 4.90 Å². The first-order valence-corrected chi connectivity index (χ1v) is 10.4. The van der Waals surface area contributed by atoms with Crippen LogP contribution in [0.4, 0.5) is 0 Å². The summed E-state index contributed by atoms with van der Waals surface area (Å²) < 4.78 is 17.3. The van der Waals surface area contributed by atoms with E-state index in [4.69, 9.17) is 14.2 Å². The molecule has 1 amide bonds. The molecular weight excluding hydrogens is 382 g/mol. The van der Waals surface area contributed by atoms with Gasteiger partial charge in [0.25, 0.3) is 5.91 Å². The van der Waals surface area contributed by atoms with Gasteiger partial charge in [0, 0.05) is 32.0 Å². The van der Waals surface area contributed by atoms with E-state index in [0.717, 1.165) is 17.7 Å². The monoisotopic (exact) mass is 409 g/mol. The molecular formula is C24H27NO5. The van der Waals surface area contributed by atoms with E-state index in [-0.39, 0.29) is 18.3 Å². The van der Waals surface area contributed by atoms with E-state index in [1.807, 2.05) is 24.3 Å². The van der Waals surface area contributed by atoms with E-state index >= 15 is 0 Å². The molecule has 2 heterocycles. The zero-order chi connectivity index (χ0) is 21.1. The summed E-state index contributed by atoms with van der Waals surface area (Å²) in [6, 6.07) is 13.1. The largest absolute Gasteiger partial charge is 0.497 e. The lowest BCUT2D eigenvalue weighted by molar-refractivity contribution is -0.136. The number of fused-ring (bicyclic) bond motifs is 1. The quantitative estimate of drug-likeness (QED) is 0.754. The second-order valence-electron chi connectivity index (χ2n) is 7.88. The minimum absolute atomic E-state index is 0.0177. The molecule has 2 aliphatic heterocycles. The summed E-state index contributed by atoms with van der Waals surface area (Å²) in [6.45, 7) is 3.17. The average Bonchev–Trinajstić information content (AvgIpc) is 2.77. The number of Topliss-reactive ketones (excluding diaryl/α,β-unsaturated/α-hetero) is 1. The maximum atomic E-state index is 12.7. The number of piperidine rings is 1. The molecule has 0 unspecified atom stereocenters. The standard InChI is InChI=1S/C24H27NO5/c1-3-17-6-4-5-7-21(17)29-16-23(27)25-12-10-24(11-13-25)15-20(26)19-9-8-18(28-2)14-22(19)30-24/h4-9,14H,3,10-13,15-16H2,1-2H3. The van der Waals surface area contributed by atoms with E-state index in [2.05, 4.69) is 6.92 Å². The Morgan fingerprint density at radius 1 is 1.17 bits per heavy atom. The Morgan fingerprint density at radius 3 is 2.67 bits per heavy atom. The summed E-state index contributed by atoms with van der Waals surface area (Å²) in [5.74, 6) is 2.03. The van der Waals surface area contributed by atoms with Crippen molar-refractivity contribution in [2.45, 2.75) is 38.2 Å². The van der Waals surface area contributed by atoms with Crippen LogP contribution in [0.25, 0.3) is 0 Å². The fourth-order valence-electron chi connectivity index (χ4n) is 4.21. The first kappa shape index (κ1) is 20.3. The Labute approximate surface area is 176 Å². The van der Waals surface area contributed by atoms with Gasteiger partial charge in [-0.2, -0.15) is 0 Å². The molecule has 2 aromatic carbocycles. The second kappa shape index (κ2) is 8.38. The number of benzene rings is 2. The molecule has 158 valence electrons. The summed E-state index contributed by atoms with van der Waals surface area (Å²) in [7, 11) is 1.59. The van der Waals surface area contributed by atoms with Crippen molar-refractivity contribution in [2.24, 2.45) is 0 Å². The highest BCUT2D eigenvalue weighted by Crippen LogP contribution is 2.40. The number of ether oxygens (including phenoxy) is 3. The topological polar surface area (TPSA) is 65.1 Å². The predicted octanol–water partition coefficient (Wildman–Crippen LogP) is 3.66. The van der Waals surface area contributed by atoms with Crippen molar-refractivity contribution in [3.8, 4) is 17.2 Å². The van der Waals surface area contributed by atoms with E-state index in [0.29, 0.717) is 49.4 Å². The first-order chi connectivity index (χ1) is 14.5. The van der Waals surface area contributed by atoms with Gasteiger partial charge in [0.1, 0.15) is 22.8 Å². The predicted molar refractivity (Wildman–Crippen MR) is 112 cm³/mol. The Kier molecular flexibility index (Phi) is 5.66. The molecule has 6 nitrogen and oxygen atoms in total. The van der Waals surface area contributed by atoms with Crippen LogP contribution in [0.3, 0.4) is 0 Å². The van der Waals surface area contributed by atoms with Crippen LogP contribution in [0.5, 0.6) is 17.2 Å². The van der Waals surface area contributed by atoms with Gasteiger partial charge in [-0.1, -0.05) is 25.1 Å². The van der Waals surface area contributed by atoms with Gasteiger partial charge in [-0.05, 0) is 30.2 Å². The van der Waals surface area contributed by atoms with Gasteiger partial charge in [0.05, 0.1) is 19.1 Å². The molecule has 6 heteroatoms. The number of nitrogens with zero attached hydrogens (tertiary/aromatic N) is 1. The molecule has 4 rings (SSSR count). The fraction of sp³-hybridized carbons (Fsp3) is 0.417. The number of hydrogen-bond donors (Lipinski definition) is 0. The number of ketones is 1. The van der Waals surface area contributed by atoms with Crippen molar-refractivity contribution in [2.75, 3.05) is 26.8 Å². The third-order valence-corrected chi connectivity index (χ3v) is 6.03. The molecule has 0 radical (unpaired) electrons. The van der Waals surface area contributed by atoms with Crippen molar-refractivity contribution >= 4 is 11.7 Å². The van der Waals surface area contributed by atoms with Crippen LogP contribution in [0.15, 0.2) is 42.5 Å². The normalized spacial score (nSPS) is 17.3. The van der Waals surface area contributed by atoms with E-state index in [1.165, 1.54) is 0 Å². The minimum atomic E-state index is -0.553. The summed E-state index contributed by atoms with van der Waals surface area (Å²) in [6.07, 6.45) is 2.43. The second-order valence-corrected chi connectivity index (χ2v) is 7.88. The molecule has 2 aromatic rings. The molecule has 0 bridgehead atoms. The lowest BCUT2D eigenvalue weighted by Gasteiger charge is -2.43. The van der Waals surface area contributed by atoms with Crippen molar-refractivity contribution in [3.63, 3.8) is 0 Å². The van der Waals surface area contributed by atoms with Gasteiger partial charge in [-0.25, -0.2) is 0 Å². The molecule has 30 heavy (non-hydrogen) atoms. The number of rotatable bonds is 5. The SMILES string of the molecule is CCc1ccccc1OCC(=O)N1CCC2(CC1)CC(=O)c1ccc(OC)cc1O2. The zero-order valence-electron chi connectivity index (χ0n) is 17.5. The molecule has 1 spiro atoms. The Hall–Kier alpha value is -3.02. The lowest BCUT2D eigenvalue weighted by Crippen LogP contribution is -2.53. The maximum absolute atomic E-state index is 12.7. The van der Waals surface area contributed by atoms with Gasteiger partial charge in [0.2, 0.25) is 0 Å². The van der Waals surface area contributed by atoms with E-state index in [9.17, 15) is 9.59 Å². The number of aryl methyl sites for hydroxylation is 1. The first-order valence-electron chi connectivity index (χ1n) is 10.4. The highest BCUT2D eigenvalue weighted by atomic mass is 16.5. The molecule has 0 aromatic heterocycles. The summed E-state index contributed by atoms with van der Waals surface area (Å²) >= 11 is 0. The van der Waals surface area contributed by atoms with Crippen molar-refractivity contribution in [3.05, 3.63) is 53.6 Å². The Balaban J connectivity index is 1.37. The van der Waals surface area contributed by atoms with Gasteiger partial charge in [-0.15, -0.1) is 0 Å². The van der Waals surface area contributed by atoms with Crippen LogP contribution in [-0.4, -0.2) is 49.0 Å². The number of amides is 1. The molecule has 2 aliphatic rings. The van der Waals surface area contributed by atoms with Gasteiger partial charge < -0.3 is 19.1 Å². The highest BCUT2D eigenvalue weighted by Gasteiger charge is 2.43. The lowest BCUT2D eigenvalue weighted by atomic mass is 9.82. The minimum Gasteiger partial charge on any atom is -0.497 e. The van der Waals surface area contributed by atoms with Crippen LogP contribution in [0, 0.1) is 0 Å². The van der Waals surface area contributed by atoms with Gasteiger partial charge in [-0.3, -0.25) is 9.59 Å². The average molecular weight is 409 g/mol. The maximum Gasteiger partial charge on any atom is 0.260 e. The number of carbonyl (C=O) groups is 2. The molecule has 0 atom stereocenters. The third kappa shape index (κ3) is 3.99. The number of methoxy groups -OCH3 is 1. The van der Waals surface area contributed by atoms with E-state index in [1.54, 1.807) is 30.2 Å². The summed E-state index contributed by atoms with van der Waals surface area (Å²) in [4.78, 5) is 27.1. The number of hydrogen-bond acceptors (Lipinski definition) is 5. The zero-order valence-corrected chi connectivity index (χ0v) is 17.5. The van der Waals surface area contributed by atoms with Gasteiger partial charge >= 0.3 is 0 Å². The van der Waals surface area contributed by atoms with Crippen molar-refractivity contribution < 1.29 is 23.8 Å². The Morgan fingerprint density at radius 2 is 1.93 bits per heavy atom.